The van der Waals surface area contributed by atoms with Gasteiger partial charge in [-0.25, -0.2) is 4.98 Å². The van der Waals surface area contributed by atoms with Crippen LogP contribution in [0.3, 0.4) is 0 Å². The molecule has 0 atom stereocenters. The lowest BCUT2D eigenvalue weighted by atomic mass is 10.1. The van der Waals surface area contributed by atoms with Crippen molar-refractivity contribution in [3.8, 4) is 0 Å². The Kier molecular flexibility index (Phi) is 4.60. The van der Waals surface area contributed by atoms with Gasteiger partial charge < -0.3 is 5.32 Å². The Morgan fingerprint density at radius 3 is 2.90 bits per heavy atom. The van der Waals surface area contributed by atoms with Gasteiger partial charge in [0.2, 0.25) is 0 Å². The zero-order valence-electron chi connectivity index (χ0n) is 11.5. The van der Waals surface area contributed by atoms with Gasteiger partial charge in [0, 0.05) is 30.2 Å². The van der Waals surface area contributed by atoms with Gasteiger partial charge in [-0.1, -0.05) is 0 Å². The summed E-state index contributed by atoms with van der Waals surface area (Å²) < 4.78 is 0. The topological polar surface area (TPSA) is 114 Å². The van der Waals surface area contributed by atoms with Gasteiger partial charge in [0.25, 0.3) is 11.6 Å². The zero-order valence-corrected chi connectivity index (χ0v) is 11.5. The second kappa shape index (κ2) is 6.60. The van der Waals surface area contributed by atoms with E-state index in [1.807, 2.05) is 0 Å². The molecule has 0 bridgehead atoms. The molecular weight excluding hydrogens is 274 g/mol. The molecule has 1 aromatic heterocycles. The molecule has 2 rings (SSSR count). The first-order valence-electron chi connectivity index (χ1n) is 6.45. The number of carbonyl (C=O) groups excluding carboxylic acids is 1. The van der Waals surface area contributed by atoms with E-state index in [1.54, 1.807) is 6.92 Å². The number of rotatable bonds is 6. The zero-order chi connectivity index (χ0) is 15.2. The van der Waals surface area contributed by atoms with E-state index in [0.717, 1.165) is 12.2 Å². The Morgan fingerprint density at radius 1 is 1.48 bits per heavy atom. The van der Waals surface area contributed by atoms with Crippen LogP contribution < -0.4 is 5.32 Å². The summed E-state index contributed by atoms with van der Waals surface area (Å²) in [6.07, 6.45) is 2.86. The van der Waals surface area contributed by atoms with E-state index < -0.39 is 4.92 Å². The van der Waals surface area contributed by atoms with E-state index in [-0.39, 0.29) is 11.6 Å². The van der Waals surface area contributed by atoms with Gasteiger partial charge in [0.15, 0.2) is 0 Å². The normalized spacial score (nSPS) is 10.3. The highest BCUT2D eigenvalue weighted by molar-refractivity contribution is 5.94. The molecule has 2 aromatic rings. The lowest BCUT2D eigenvalue weighted by Crippen LogP contribution is -2.25. The molecule has 1 aromatic carbocycles. The van der Waals surface area contributed by atoms with Crippen LogP contribution in [0.4, 0.5) is 5.69 Å². The average Bonchev–Trinajstić information content (AvgIpc) is 2.96. The molecule has 0 saturated heterocycles. The summed E-state index contributed by atoms with van der Waals surface area (Å²) in [5.41, 5.74) is 0.893. The molecule has 8 nitrogen and oxygen atoms in total. The first-order valence-corrected chi connectivity index (χ1v) is 6.45. The van der Waals surface area contributed by atoms with Gasteiger partial charge in [-0.3, -0.25) is 20.0 Å². The monoisotopic (exact) mass is 289 g/mol. The summed E-state index contributed by atoms with van der Waals surface area (Å²) in [5.74, 6) is 0.529. The highest BCUT2D eigenvalue weighted by atomic mass is 16.6. The minimum absolute atomic E-state index is 0.0110. The van der Waals surface area contributed by atoms with Crippen LogP contribution in [-0.4, -0.2) is 32.6 Å². The molecule has 0 aliphatic carbocycles. The Morgan fingerprint density at radius 2 is 2.29 bits per heavy atom. The van der Waals surface area contributed by atoms with Crippen LogP contribution in [0.5, 0.6) is 0 Å². The van der Waals surface area contributed by atoms with Gasteiger partial charge in [-0.05, 0) is 25.5 Å². The second-order valence-corrected chi connectivity index (χ2v) is 4.55. The van der Waals surface area contributed by atoms with E-state index in [4.69, 9.17) is 0 Å². The Labute approximate surface area is 120 Å². The fourth-order valence-electron chi connectivity index (χ4n) is 1.91. The lowest BCUT2D eigenvalue weighted by Gasteiger charge is -2.05. The maximum absolute atomic E-state index is 11.9. The number of amides is 1. The van der Waals surface area contributed by atoms with E-state index in [0.29, 0.717) is 24.1 Å². The SMILES string of the molecule is Cc1cc(C(=O)NCCCc2ncn[nH]2)ccc1[N+](=O)[O-]. The van der Waals surface area contributed by atoms with Crippen molar-refractivity contribution in [1.82, 2.24) is 20.5 Å². The molecular formula is C13H15N5O3. The molecule has 8 heteroatoms. The van der Waals surface area contributed by atoms with Gasteiger partial charge >= 0.3 is 0 Å². The Bertz CT molecular complexity index is 639. The number of hydrogen-bond acceptors (Lipinski definition) is 5. The molecule has 0 radical (unpaired) electrons. The predicted molar refractivity (Wildman–Crippen MR) is 74.9 cm³/mol. The molecule has 2 N–H and O–H groups in total. The molecule has 0 aliphatic heterocycles. The third-order valence-corrected chi connectivity index (χ3v) is 3.00. The highest BCUT2D eigenvalue weighted by Crippen LogP contribution is 2.18. The molecule has 0 fully saturated rings. The number of nitrogens with one attached hydrogen (secondary N) is 2. The second-order valence-electron chi connectivity index (χ2n) is 4.55. The standard InChI is InChI=1S/C13H15N5O3/c1-9-7-10(4-5-11(9)18(20)21)13(19)14-6-2-3-12-15-8-16-17-12/h4-5,7-8H,2-3,6H2,1H3,(H,14,19)(H,15,16,17). The molecule has 0 saturated carbocycles. The van der Waals surface area contributed by atoms with Gasteiger partial charge in [0.1, 0.15) is 12.2 Å². The number of hydrogen-bond donors (Lipinski definition) is 2. The highest BCUT2D eigenvalue weighted by Gasteiger charge is 2.13. The number of H-pyrrole nitrogens is 1. The number of nitro benzene ring substituents is 1. The Balaban J connectivity index is 1.85. The maximum Gasteiger partial charge on any atom is 0.272 e. The maximum atomic E-state index is 11.9. The van der Waals surface area contributed by atoms with Crippen molar-refractivity contribution in [2.24, 2.45) is 0 Å². The van der Waals surface area contributed by atoms with Crippen LogP contribution in [0.2, 0.25) is 0 Å². The molecule has 0 unspecified atom stereocenters. The van der Waals surface area contributed by atoms with E-state index in [9.17, 15) is 14.9 Å². The van der Waals surface area contributed by atoms with E-state index >= 15 is 0 Å². The fraction of sp³-hybridized carbons (Fsp3) is 0.308. The van der Waals surface area contributed by atoms with Crippen LogP contribution in [0.15, 0.2) is 24.5 Å². The number of aryl methyl sites for hydroxylation is 2. The third-order valence-electron chi connectivity index (χ3n) is 3.00. The number of aromatic amines is 1. The molecule has 21 heavy (non-hydrogen) atoms. The summed E-state index contributed by atoms with van der Waals surface area (Å²) in [5, 5.41) is 20.0. The smallest absolute Gasteiger partial charge is 0.272 e. The van der Waals surface area contributed by atoms with Crippen molar-refractivity contribution in [2.75, 3.05) is 6.54 Å². The predicted octanol–water partition coefficient (Wildman–Crippen LogP) is 1.38. The number of nitrogens with zero attached hydrogens (tertiary/aromatic N) is 3. The summed E-state index contributed by atoms with van der Waals surface area (Å²) in [6.45, 7) is 2.11. The minimum atomic E-state index is -0.464. The first-order chi connectivity index (χ1) is 10.1. The van der Waals surface area contributed by atoms with Gasteiger partial charge in [0.05, 0.1) is 4.92 Å². The van der Waals surface area contributed by atoms with Crippen molar-refractivity contribution < 1.29 is 9.72 Å². The Hall–Kier alpha value is -2.77. The number of aromatic nitrogens is 3. The van der Waals surface area contributed by atoms with Crippen LogP contribution in [0.1, 0.15) is 28.2 Å². The van der Waals surface area contributed by atoms with Crippen LogP contribution in [0, 0.1) is 17.0 Å². The molecule has 1 heterocycles. The van der Waals surface area contributed by atoms with Crippen LogP contribution in [0.25, 0.3) is 0 Å². The minimum Gasteiger partial charge on any atom is -0.352 e. The summed E-state index contributed by atoms with van der Waals surface area (Å²) >= 11 is 0. The molecule has 110 valence electrons. The number of carbonyl (C=O) groups is 1. The van der Waals surface area contributed by atoms with Gasteiger partial charge in [-0.2, -0.15) is 5.10 Å². The molecule has 0 spiro atoms. The third kappa shape index (κ3) is 3.85. The molecule has 1 amide bonds. The quantitative estimate of drug-likeness (QED) is 0.474. The van der Waals surface area contributed by atoms with Crippen LogP contribution in [-0.2, 0) is 6.42 Å². The van der Waals surface area contributed by atoms with Crippen molar-refractivity contribution in [1.29, 1.82) is 0 Å². The van der Waals surface area contributed by atoms with E-state index in [2.05, 4.69) is 20.5 Å². The van der Waals surface area contributed by atoms with Gasteiger partial charge in [-0.15, -0.1) is 0 Å². The molecule has 0 aliphatic rings. The first kappa shape index (κ1) is 14.6. The summed E-state index contributed by atoms with van der Waals surface area (Å²) in [7, 11) is 0. The number of nitro groups is 1. The fourth-order valence-corrected chi connectivity index (χ4v) is 1.91. The van der Waals surface area contributed by atoms with Crippen molar-refractivity contribution in [2.45, 2.75) is 19.8 Å². The van der Waals surface area contributed by atoms with Crippen molar-refractivity contribution >= 4 is 11.6 Å². The summed E-state index contributed by atoms with van der Waals surface area (Å²) in [6, 6.07) is 4.32. The van der Waals surface area contributed by atoms with E-state index in [1.165, 1.54) is 24.5 Å². The lowest BCUT2D eigenvalue weighted by molar-refractivity contribution is -0.385. The largest absolute Gasteiger partial charge is 0.352 e. The van der Waals surface area contributed by atoms with Crippen molar-refractivity contribution in [3.63, 3.8) is 0 Å². The number of benzene rings is 1. The summed E-state index contributed by atoms with van der Waals surface area (Å²) in [4.78, 5) is 26.2. The average molecular weight is 289 g/mol. The van der Waals surface area contributed by atoms with Crippen LogP contribution >= 0.6 is 0 Å². The van der Waals surface area contributed by atoms with Crippen molar-refractivity contribution in [3.05, 3.63) is 51.6 Å².